The molecule has 5 heteroatoms. The number of aliphatic hydroxyl groups is 3. The SMILES string of the molecule is [B][C@@H]1O[C@](C#C)(CO)[C@@H](O)[C@H]1O. The summed E-state index contributed by atoms with van der Waals surface area (Å²) in [5.41, 5.74) is -1.56. The topological polar surface area (TPSA) is 69.9 Å². The van der Waals surface area contributed by atoms with Gasteiger partial charge in [-0.1, -0.05) is 5.92 Å². The van der Waals surface area contributed by atoms with E-state index in [9.17, 15) is 5.11 Å². The summed E-state index contributed by atoms with van der Waals surface area (Å²) in [6.07, 6.45) is 2.43. The average molecular weight is 168 g/mol. The second-order valence-corrected chi connectivity index (χ2v) is 2.71. The van der Waals surface area contributed by atoms with Gasteiger partial charge in [0.2, 0.25) is 0 Å². The number of rotatable bonds is 1. The van der Waals surface area contributed by atoms with Gasteiger partial charge >= 0.3 is 0 Å². The van der Waals surface area contributed by atoms with Gasteiger partial charge in [-0.25, -0.2) is 0 Å². The van der Waals surface area contributed by atoms with E-state index in [0.29, 0.717) is 0 Å². The molecular weight excluding hydrogens is 159 g/mol. The molecule has 0 aromatic rings. The fraction of sp³-hybridized carbons (Fsp3) is 0.714. The van der Waals surface area contributed by atoms with Crippen LogP contribution in [-0.4, -0.2) is 53.6 Å². The molecule has 1 fully saturated rings. The largest absolute Gasteiger partial charge is 0.392 e. The second-order valence-electron chi connectivity index (χ2n) is 2.71. The van der Waals surface area contributed by atoms with Crippen LogP contribution in [0.5, 0.6) is 0 Å². The minimum absolute atomic E-state index is 0.574. The molecule has 1 rings (SSSR count). The Labute approximate surface area is 71.6 Å². The number of hydrogen-bond acceptors (Lipinski definition) is 4. The third-order valence-electron chi connectivity index (χ3n) is 1.96. The molecule has 1 saturated heterocycles. The van der Waals surface area contributed by atoms with E-state index in [4.69, 9.17) is 29.2 Å². The molecule has 64 valence electrons. The van der Waals surface area contributed by atoms with Crippen molar-refractivity contribution >= 4 is 7.85 Å². The third-order valence-corrected chi connectivity index (χ3v) is 1.96. The molecule has 1 aliphatic rings. The molecule has 0 amide bonds. The van der Waals surface area contributed by atoms with Crippen LogP contribution < -0.4 is 0 Å². The van der Waals surface area contributed by atoms with E-state index >= 15 is 0 Å². The molecule has 0 aliphatic carbocycles. The van der Waals surface area contributed by atoms with Gasteiger partial charge in [0, 0.05) is 6.00 Å². The highest BCUT2D eigenvalue weighted by atomic mass is 16.6. The number of hydrogen-bond donors (Lipinski definition) is 3. The Morgan fingerprint density at radius 3 is 2.33 bits per heavy atom. The summed E-state index contributed by atoms with van der Waals surface area (Å²) in [4.78, 5) is 0. The minimum Gasteiger partial charge on any atom is -0.392 e. The Morgan fingerprint density at radius 2 is 2.17 bits per heavy atom. The van der Waals surface area contributed by atoms with Crippen LogP contribution >= 0.6 is 0 Å². The minimum atomic E-state index is -1.56. The van der Waals surface area contributed by atoms with Crippen LogP contribution in [0.3, 0.4) is 0 Å². The fourth-order valence-corrected chi connectivity index (χ4v) is 1.13. The van der Waals surface area contributed by atoms with Crippen molar-refractivity contribution in [2.24, 2.45) is 0 Å². The first kappa shape index (κ1) is 9.55. The van der Waals surface area contributed by atoms with Gasteiger partial charge in [-0.05, 0) is 0 Å². The van der Waals surface area contributed by atoms with Crippen molar-refractivity contribution in [3.63, 3.8) is 0 Å². The summed E-state index contributed by atoms with van der Waals surface area (Å²) < 4.78 is 4.86. The zero-order valence-electron chi connectivity index (χ0n) is 6.34. The van der Waals surface area contributed by atoms with E-state index in [0.717, 1.165) is 0 Å². The monoisotopic (exact) mass is 168 g/mol. The summed E-state index contributed by atoms with van der Waals surface area (Å²) in [6, 6.07) is -1.05. The molecule has 4 atom stereocenters. The van der Waals surface area contributed by atoms with Crippen LogP contribution in [0.15, 0.2) is 0 Å². The lowest BCUT2D eigenvalue weighted by Crippen LogP contribution is -2.45. The Bertz CT molecular complexity index is 214. The molecule has 0 unspecified atom stereocenters. The van der Waals surface area contributed by atoms with Gasteiger partial charge in [-0.2, -0.15) is 0 Å². The first-order chi connectivity index (χ1) is 5.57. The smallest absolute Gasteiger partial charge is 0.178 e. The number of terminal acetylenes is 1. The van der Waals surface area contributed by atoms with E-state index in [-0.39, 0.29) is 0 Å². The van der Waals surface area contributed by atoms with Gasteiger partial charge in [-0.3, -0.25) is 0 Å². The van der Waals surface area contributed by atoms with Gasteiger partial charge < -0.3 is 20.1 Å². The maximum atomic E-state index is 9.32. The second kappa shape index (κ2) is 3.07. The lowest BCUT2D eigenvalue weighted by atomic mass is 9.90. The van der Waals surface area contributed by atoms with E-state index < -0.39 is 30.4 Å². The van der Waals surface area contributed by atoms with Crippen LogP contribution in [0.1, 0.15) is 0 Å². The van der Waals surface area contributed by atoms with Crippen molar-refractivity contribution in [3.8, 4) is 12.3 Å². The quantitative estimate of drug-likeness (QED) is 0.301. The van der Waals surface area contributed by atoms with Gasteiger partial charge in [0.25, 0.3) is 0 Å². The van der Waals surface area contributed by atoms with Crippen molar-refractivity contribution in [1.29, 1.82) is 0 Å². The van der Waals surface area contributed by atoms with Crippen LogP contribution in [0.2, 0.25) is 0 Å². The number of ether oxygens (including phenoxy) is 1. The Morgan fingerprint density at radius 1 is 1.58 bits per heavy atom. The molecule has 0 aromatic carbocycles. The summed E-state index contributed by atoms with van der Waals surface area (Å²) in [5, 5.41) is 27.3. The summed E-state index contributed by atoms with van der Waals surface area (Å²) in [5.74, 6) is 2.08. The van der Waals surface area contributed by atoms with E-state index in [1.807, 2.05) is 0 Å². The molecule has 0 saturated carbocycles. The first-order valence-corrected chi connectivity index (χ1v) is 3.45. The fourth-order valence-electron chi connectivity index (χ4n) is 1.13. The molecule has 12 heavy (non-hydrogen) atoms. The van der Waals surface area contributed by atoms with Gasteiger partial charge in [0.1, 0.15) is 20.1 Å². The molecular formula is C7H9BO4. The van der Waals surface area contributed by atoms with E-state index in [1.54, 1.807) is 0 Å². The maximum absolute atomic E-state index is 9.32. The molecule has 3 N–H and O–H groups in total. The molecule has 2 radical (unpaired) electrons. The lowest BCUT2D eigenvalue weighted by molar-refractivity contribution is -0.0585. The van der Waals surface area contributed by atoms with Crippen molar-refractivity contribution < 1.29 is 20.1 Å². The molecule has 0 bridgehead atoms. The standard InChI is InChI=1S/C7H9BO4/c1-2-7(3-9)5(11)4(10)6(8)12-7/h1,4-6,9-11H,3H2/t4-,5+,6-,7-/m1/s1. The molecule has 1 aliphatic heterocycles. The average Bonchev–Trinajstić information content (AvgIpc) is 2.30. The van der Waals surface area contributed by atoms with E-state index in [1.165, 1.54) is 0 Å². The van der Waals surface area contributed by atoms with Crippen LogP contribution in [-0.2, 0) is 4.74 Å². The van der Waals surface area contributed by atoms with Crippen molar-refractivity contribution in [2.75, 3.05) is 6.61 Å². The highest BCUT2D eigenvalue weighted by Crippen LogP contribution is 2.28. The van der Waals surface area contributed by atoms with Gasteiger partial charge in [0.15, 0.2) is 5.60 Å². The molecule has 0 aromatic heterocycles. The summed E-state index contributed by atoms with van der Waals surface area (Å²) >= 11 is 0. The molecule has 4 nitrogen and oxygen atoms in total. The van der Waals surface area contributed by atoms with Crippen molar-refractivity contribution in [1.82, 2.24) is 0 Å². The van der Waals surface area contributed by atoms with Crippen molar-refractivity contribution in [3.05, 3.63) is 0 Å². The lowest BCUT2D eigenvalue weighted by Gasteiger charge is -2.23. The zero-order valence-corrected chi connectivity index (χ0v) is 6.34. The predicted molar refractivity (Wildman–Crippen MR) is 41.3 cm³/mol. The zero-order chi connectivity index (χ0) is 9.35. The Balaban J connectivity index is 2.89. The van der Waals surface area contributed by atoms with Gasteiger partial charge in [-0.15, -0.1) is 6.42 Å². The predicted octanol–water partition coefficient (Wildman–Crippen LogP) is -2.40. The van der Waals surface area contributed by atoms with E-state index in [2.05, 4.69) is 5.92 Å². The number of aliphatic hydroxyl groups excluding tert-OH is 3. The maximum Gasteiger partial charge on any atom is 0.178 e. The third kappa shape index (κ3) is 1.13. The van der Waals surface area contributed by atoms with Crippen LogP contribution in [0.4, 0.5) is 0 Å². The van der Waals surface area contributed by atoms with Crippen LogP contribution in [0, 0.1) is 12.3 Å². The highest BCUT2D eigenvalue weighted by Gasteiger charge is 2.50. The Kier molecular flexibility index (Phi) is 2.45. The van der Waals surface area contributed by atoms with Crippen molar-refractivity contribution in [2.45, 2.75) is 23.8 Å². The summed E-state index contributed by atoms with van der Waals surface area (Å²) in [6.45, 7) is -0.574. The van der Waals surface area contributed by atoms with Crippen LogP contribution in [0.25, 0.3) is 0 Å². The molecule has 0 spiro atoms. The molecule has 1 heterocycles. The first-order valence-electron chi connectivity index (χ1n) is 3.45. The normalized spacial score (nSPS) is 47.3. The Hall–Kier alpha value is -0.535. The highest BCUT2D eigenvalue weighted by molar-refractivity contribution is 6.11. The van der Waals surface area contributed by atoms with Gasteiger partial charge in [0.05, 0.1) is 6.61 Å². The summed E-state index contributed by atoms with van der Waals surface area (Å²) in [7, 11) is 5.26.